The Morgan fingerprint density at radius 2 is 2.00 bits per heavy atom. The van der Waals surface area contributed by atoms with E-state index in [2.05, 4.69) is 20.5 Å². The molecular weight excluding hydrogens is 220 g/mol. The Labute approximate surface area is 98.1 Å². The number of pyridine rings is 1. The van der Waals surface area contributed by atoms with Gasteiger partial charge in [-0.1, -0.05) is 0 Å². The van der Waals surface area contributed by atoms with Gasteiger partial charge >= 0.3 is 6.03 Å². The molecule has 2 rings (SSSR count). The Bertz CT molecular complexity index is 490. The summed E-state index contributed by atoms with van der Waals surface area (Å²) in [4.78, 5) is 17.0. The van der Waals surface area contributed by atoms with Crippen molar-refractivity contribution >= 4 is 11.7 Å². The zero-order chi connectivity index (χ0) is 12.3. The standard InChI is InChI=1S/C10H12N6O/c1-15(2)10(17)14-8-3-4-9(11-5-8)16-6-12-13-7-16/h3-7H,1-2H3,(H,14,17). The number of carbonyl (C=O) groups excluding carboxylic acids is 1. The third kappa shape index (κ3) is 2.57. The van der Waals surface area contributed by atoms with Crippen molar-refractivity contribution < 1.29 is 4.79 Å². The second-order valence-electron chi connectivity index (χ2n) is 3.60. The van der Waals surface area contributed by atoms with Gasteiger partial charge in [-0.05, 0) is 12.1 Å². The molecule has 0 saturated carbocycles. The SMILES string of the molecule is CN(C)C(=O)Nc1ccc(-n2cnnc2)nc1. The van der Waals surface area contributed by atoms with Crippen molar-refractivity contribution in [1.29, 1.82) is 0 Å². The molecule has 0 aliphatic heterocycles. The summed E-state index contributed by atoms with van der Waals surface area (Å²) in [5, 5.41) is 10.1. The van der Waals surface area contributed by atoms with Gasteiger partial charge in [0, 0.05) is 14.1 Å². The molecule has 7 heteroatoms. The van der Waals surface area contributed by atoms with Crippen molar-refractivity contribution in [3.05, 3.63) is 31.0 Å². The number of nitrogens with one attached hydrogen (secondary N) is 1. The van der Waals surface area contributed by atoms with E-state index in [1.165, 1.54) is 4.90 Å². The third-order valence-corrected chi connectivity index (χ3v) is 2.09. The first-order valence-electron chi connectivity index (χ1n) is 4.96. The molecule has 2 heterocycles. The van der Waals surface area contributed by atoms with Crippen molar-refractivity contribution in [2.45, 2.75) is 0 Å². The van der Waals surface area contributed by atoms with Crippen molar-refractivity contribution in [2.24, 2.45) is 0 Å². The second kappa shape index (κ2) is 4.60. The molecule has 0 bridgehead atoms. The number of rotatable bonds is 2. The number of nitrogens with zero attached hydrogens (tertiary/aromatic N) is 5. The predicted octanol–water partition coefficient (Wildman–Crippen LogP) is 0.756. The van der Waals surface area contributed by atoms with Crippen molar-refractivity contribution in [3.8, 4) is 5.82 Å². The molecule has 0 saturated heterocycles. The highest BCUT2D eigenvalue weighted by Crippen LogP contribution is 2.09. The number of aromatic nitrogens is 4. The molecule has 0 fully saturated rings. The lowest BCUT2D eigenvalue weighted by atomic mass is 10.4. The summed E-state index contributed by atoms with van der Waals surface area (Å²) < 4.78 is 1.68. The largest absolute Gasteiger partial charge is 0.331 e. The fraction of sp³-hybridized carbons (Fsp3) is 0.200. The van der Waals surface area contributed by atoms with Crippen LogP contribution in [0, 0.1) is 0 Å². The first-order valence-corrected chi connectivity index (χ1v) is 4.96. The minimum atomic E-state index is -0.191. The molecule has 0 aromatic carbocycles. The van der Waals surface area contributed by atoms with E-state index in [9.17, 15) is 4.79 Å². The zero-order valence-corrected chi connectivity index (χ0v) is 9.53. The minimum absolute atomic E-state index is 0.191. The molecule has 2 aromatic rings. The summed E-state index contributed by atoms with van der Waals surface area (Å²) >= 11 is 0. The highest BCUT2D eigenvalue weighted by Gasteiger charge is 2.04. The van der Waals surface area contributed by atoms with E-state index in [0.717, 1.165) is 0 Å². The first-order chi connectivity index (χ1) is 8.16. The van der Waals surface area contributed by atoms with Gasteiger partial charge in [0.1, 0.15) is 18.5 Å². The maximum absolute atomic E-state index is 11.4. The third-order valence-electron chi connectivity index (χ3n) is 2.09. The average Bonchev–Trinajstić information content (AvgIpc) is 2.83. The molecule has 7 nitrogen and oxygen atoms in total. The van der Waals surface area contributed by atoms with Crippen LogP contribution in [0.5, 0.6) is 0 Å². The molecule has 0 radical (unpaired) electrons. The maximum Gasteiger partial charge on any atom is 0.321 e. The van der Waals surface area contributed by atoms with Crippen LogP contribution in [0.4, 0.5) is 10.5 Å². The molecule has 1 N–H and O–H groups in total. The summed E-state index contributed by atoms with van der Waals surface area (Å²) in [5.74, 6) is 0.692. The van der Waals surface area contributed by atoms with Crippen LogP contribution in [0.15, 0.2) is 31.0 Å². The van der Waals surface area contributed by atoms with Crippen LogP contribution in [-0.2, 0) is 0 Å². The Kier molecular flexibility index (Phi) is 2.99. The molecule has 0 spiro atoms. The molecule has 0 aliphatic carbocycles. The number of hydrogen-bond acceptors (Lipinski definition) is 4. The van der Waals surface area contributed by atoms with Gasteiger partial charge in [-0.25, -0.2) is 9.78 Å². The highest BCUT2D eigenvalue weighted by molar-refractivity contribution is 5.88. The van der Waals surface area contributed by atoms with E-state index >= 15 is 0 Å². The topological polar surface area (TPSA) is 75.9 Å². The van der Waals surface area contributed by atoms with Gasteiger partial charge in [0.2, 0.25) is 0 Å². The van der Waals surface area contributed by atoms with E-state index in [1.807, 2.05) is 0 Å². The molecule has 0 atom stereocenters. The number of carbonyl (C=O) groups is 1. The quantitative estimate of drug-likeness (QED) is 0.829. The van der Waals surface area contributed by atoms with Gasteiger partial charge < -0.3 is 10.2 Å². The predicted molar refractivity (Wildman–Crippen MR) is 61.9 cm³/mol. The van der Waals surface area contributed by atoms with Crippen molar-refractivity contribution in [2.75, 3.05) is 19.4 Å². The summed E-state index contributed by atoms with van der Waals surface area (Å²) in [5.41, 5.74) is 0.639. The Morgan fingerprint density at radius 1 is 1.29 bits per heavy atom. The van der Waals surface area contributed by atoms with Crippen LogP contribution in [0.1, 0.15) is 0 Å². The zero-order valence-electron chi connectivity index (χ0n) is 9.53. The number of hydrogen-bond donors (Lipinski definition) is 1. The van der Waals surface area contributed by atoms with Gasteiger partial charge in [-0.15, -0.1) is 10.2 Å². The van der Waals surface area contributed by atoms with Gasteiger partial charge in [0.05, 0.1) is 11.9 Å². The van der Waals surface area contributed by atoms with E-state index in [0.29, 0.717) is 11.5 Å². The van der Waals surface area contributed by atoms with Crippen LogP contribution in [0.3, 0.4) is 0 Å². The van der Waals surface area contributed by atoms with Crippen molar-refractivity contribution in [3.63, 3.8) is 0 Å². The normalized spacial score (nSPS) is 10.0. The van der Waals surface area contributed by atoms with Crippen molar-refractivity contribution in [1.82, 2.24) is 24.6 Å². The van der Waals surface area contributed by atoms with Gasteiger partial charge in [-0.3, -0.25) is 4.57 Å². The smallest absolute Gasteiger partial charge is 0.321 e. The lowest BCUT2D eigenvalue weighted by Crippen LogP contribution is -2.27. The fourth-order valence-corrected chi connectivity index (χ4v) is 1.17. The minimum Gasteiger partial charge on any atom is -0.331 e. The summed E-state index contributed by atoms with van der Waals surface area (Å²) in [6, 6.07) is 3.35. The Balaban J connectivity index is 2.11. The highest BCUT2D eigenvalue weighted by atomic mass is 16.2. The Morgan fingerprint density at radius 3 is 2.53 bits per heavy atom. The second-order valence-corrected chi connectivity index (χ2v) is 3.60. The molecule has 2 amide bonds. The average molecular weight is 232 g/mol. The monoisotopic (exact) mass is 232 g/mol. The van der Waals surface area contributed by atoms with E-state index in [4.69, 9.17) is 0 Å². The van der Waals surface area contributed by atoms with Gasteiger partial charge in [-0.2, -0.15) is 0 Å². The summed E-state index contributed by atoms with van der Waals surface area (Å²) in [6.07, 6.45) is 4.69. The van der Waals surface area contributed by atoms with Gasteiger partial charge in [0.25, 0.3) is 0 Å². The number of anilines is 1. The molecule has 17 heavy (non-hydrogen) atoms. The molecule has 88 valence electrons. The first kappa shape index (κ1) is 11.1. The fourth-order valence-electron chi connectivity index (χ4n) is 1.17. The van der Waals surface area contributed by atoms with Crippen LogP contribution in [0.2, 0.25) is 0 Å². The van der Waals surface area contributed by atoms with Gasteiger partial charge in [0.15, 0.2) is 0 Å². The molecule has 0 unspecified atom stereocenters. The van der Waals surface area contributed by atoms with E-state index < -0.39 is 0 Å². The van der Waals surface area contributed by atoms with Crippen LogP contribution < -0.4 is 5.32 Å². The molecule has 2 aromatic heterocycles. The number of urea groups is 1. The lowest BCUT2D eigenvalue weighted by molar-refractivity contribution is 0.230. The lowest BCUT2D eigenvalue weighted by Gasteiger charge is -2.11. The molecular formula is C10H12N6O. The van der Waals surface area contributed by atoms with Crippen LogP contribution in [0.25, 0.3) is 5.82 Å². The molecule has 0 aliphatic rings. The summed E-state index contributed by atoms with van der Waals surface area (Å²) in [7, 11) is 3.35. The Hall–Kier alpha value is -2.44. The van der Waals surface area contributed by atoms with E-state index in [1.54, 1.807) is 49.6 Å². The van der Waals surface area contributed by atoms with Crippen LogP contribution in [-0.4, -0.2) is 44.8 Å². The van der Waals surface area contributed by atoms with Crippen LogP contribution >= 0.6 is 0 Å². The number of amides is 2. The maximum atomic E-state index is 11.4. The van der Waals surface area contributed by atoms with E-state index in [-0.39, 0.29) is 6.03 Å². The summed E-state index contributed by atoms with van der Waals surface area (Å²) in [6.45, 7) is 0.